The molecule has 3 N–H and O–H groups in total. The number of nitrogens with one attached hydrogen (secondary N) is 1. The van der Waals surface area contributed by atoms with Crippen molar-refractivity contribution in [3.63, 3.8) is 0 Å². The van der Waals surface area contributed by atoms with Gasteiger partial charge in [0.2, 0.25) is 0 Å². The van der Waals surface area contributed by atoms with Crippen LogP contribution in [0.3, 0.4) is 0 Å². The summed E-state index contributed by atoms with van der Waals surface area (Å²) < 4.78 is 60.1. The van der Waals surface area contributed by atoms with E-state index in [9.17, 15) is 26.4 Å². The Morgan fingerprint density at radius 3 is 2.09 bits per heavy atom. The molecule has 0 saturated carbocycles. The lowest BCUT2D eigenvalue weighted by atomic mass is 10.2. The molecular weight excluding hydrogens is 497 g/mol. The van der Waals surface area contributed by atoms with E-state index in [0.717, 1.165) is 16.9 Å². The van der Waals surface area contributed by atoms with Gasteiger partial charge in [-0.25, -0.2) is 17.9 Å². The van der Waals surface area contributed by atoms with E-state index in [1.54, 1.807) is 6.07 Å². The molecule has 0 fully saturated rings. The molecule has 1 aromatic heterocycles. The summed E-state index contributed by atoms with van der Waals surface area (Å²) in [4.78, 5) is 20.6. The van der Waals surface area contributed by atoms with Crippen LogP contribution in [0.1, 0.15) is 16.9 Å². The number of sulfonamides is 1. The Labute approximate surface area is 199 Å². The summed E-state index contributed by atoms with van der Waals surface area (Å²) in [5.74, 6) is 2.14. The fraction of sp³-hybridized carbons (Fsp3) is 0.333. The Kier molecular flexibility index (Phi) is 10.3. The molecule has 0 bridgehead atoms. The van der Waals surface area contributed by atoms with Gasteiger partial charge >= 0.3 is 18.1 Å². The van der Waals surface area contributed by atoms with Gasteiger partial charge in [0, 0.05) is 5.56 Å². The molecule has 186 valence electrons. The number of benzene rings is 1. The highest BCUT2D eigenvalue weighted by molar-refractivity contribution is 7.91. The van der Waals surface area contributed by atoms with Crippen LogP contribution in [0.4, 0.5) is 13.2 Å². The van der Waals surface area contributed by atoms with E-state index in [2.05, 4.69) is 16.6 Å². The lowest BCUT2D eigenvalue weighted by Crippen LogP contribution is -2.49. The van der Waals surface area contributed by atoms with Crippen molar-refractivity contribution in [1.82, 2.24) is 4.72 Å². The monoisotopic (exact) mass is 521 g/mol. The van der Waals surface area contributed by atoms with Gasteiger partial charge in [0.25, 0.3) is 10.0 Å². The summed E-state index contributed by atoms with van der Waals surface area (Å²) >= 11 is 1.06. The van der Waals surface area contributed by atoms with Crippen molar-refractivity contribution >= 4 is 33.3 Å². The lowest BCUT2D eigenvalue weighted by molar-refractivity contribution is -0.871. The van der Waals surface area contributed by atoms with Crippen LogP contribution in [0.15, 0.2) is 46.7 Å². The lowest BCUT2D eigenvalue weighted by Gasteiger charge is -2.28. The topological polar surface area (TPSA) is 121 Å². The number of rotatable bonds is 7. The largest absolute Gasteiger partial charge is 0.490 e. The SMILES string of the molecule is C[N+](C)(C)C[C@@H](CC(=O)O)NS(=O)(=O)c1ccc(C#Cc2ccccc2)s1.O=C(O)C(F)(F)F. The number of likely N-dealkylation sites (N-methyl/N-ethyl adjacent to an activating group) is 1. The van der Waals surface area contributed by atoms with Gasteiger partial charge in [-0.2, -0.15) is 13.2 Å². The molecule has 0 saturated heterocycles. The first-order valence-corrected chi connectivity index (χ1v) is 11.8. The highest BCUT2D eigenvalue weighted by Gasteiger charge is 2.38. The van der Waals surface area contributed by atoms with Gasteiger partial charge in [0.15, 0.2) is 0 Å². The molecule has 13 heteroatoms. The average Bonchev–Trinajstić information content (AvgIpc) is 3.15. The van der Waals surface area contributed by atoms with Gasteiger partial charge in [-0.05, 0) is 24.3 Å². The van der Waals surface area contributed by atoms with Crippen LogP contribution in [-0.4, -0.2) is 75.0 Å². The minimum absolute atomic E-state index is 0.122. The van der Waals surface area contributed by atoms with Crippen molar-refractivity contribution in [2.75, 3.05) is 27.7 Å². The molecule has 0 unspecified atom stereocenters. The first-order valence-electron chi connectivity index (χ1n) is 9.51. The first kappa shape index (κ1) is 29.1. The number of halogens is 3. The molecule has 1 atom stereocenters. The van der Waals surface area contributed by atoms with Gasteiger partial charge in [-0.15, -0.1) is 11.3 Å². The zero-order chi connectivity index (χ0) is 26.2. The van der Waals surface area contributed by atoms with Crippen molar-refractivity contribution in [3.05, 3.63) is 52.9 Å². The molecule has 0 spiro atoms. The van der Waals surface area contributed by atoms with Gasteiger partial charge in [0.1, 0.15) is 4.21 Å². The van der Waals surface area contributed by atoms with E-state index in [0.29, 0.717) is 15.9 Å². The van der Waals surface area contributed by atoms with Gasteiger partial charge in [-0.3, -0.25) is 4.79 Å². The first-order chi connectivity index (χ1) is 15.5. The number of hydrogen-bond acceptors (Lipinski definition) is 5. The van der Waals surface area contributed by atoms with Crippen LogP contribution in [0.25, 0.3) is 0 Å². The molecule has 0 amide bonds. The van der Waals surface area contributed by atoms with E-state index >= 15 is 0 Å². The predicted molar refractivity (Wildman–Crippen MR) is 120 cm³/mol. The summed E-state index contributed by atoms with van der Waals surface area (Å²) in [6.07, 6.45) is -5.36. The van der Waals surface area contributed by atoms with Crippen molar-refractivity contribution in [2.24, 2.45) is 0 Å². The molecule has 2 rings (SSSR count). The van der Waals surface area contributed by atoms with E-state index < -0.39 is 34.2 Å². The van der Waals surface area contributed by atoms with Crippen molar-refractivity contribution < 1.29 is 45.9 Å². The molecule has 0 aliphatic rings. The van der Waals surface area contributed by atoms with Crippen LogP contribution in [0, 0.1) is 11.8 Å². The van der Waals surface area contributed by atoms with Crippen LogP contribution in [0.5, 0.6) is 0 Å². The highest BCUT2D eigenvalue weighted by atomic mass is 32.2. The Morgan fingerprint density at radius 1 is 1.06 bits per heavy atom. The number of carboxylic acid groups (broad SMARTS) is 2. The number of quaternary nitrogens is 1. The third-order valence-corrected chi connectivity index (χ3v) is 6.72. The quantitative estimate of drug-likeness (QED) is 0.381. The van der Waals surface area contributed by atoms with Crippen molar-refractivity contribution in [3.8, 4) is 11.8 Å². The Bertz CT molecular complexity index is 1140. The number of carboxylic acids is 2. The molecular formula is C21H24F3N2O6S2+. The normalized spacial score (nSPS) is 12.5. The van der Waals surface area contributed by atoms with Gasteiger partial charge < -0.3 is 14.7 Å². The van der Waals surface area contributed by atoms with E-state index in [1.165, 1.54) is 6.07 Å². The summed E-state index contributed by atoms with van der Waals surface area (Å²) in [6, 6.07) is 11.9. The maximum atomic E-state index is 12.6. The zero-order valence-corrected chi connectivity index (χ0v) is 20.1. The molecule has 34 heavy (non-hydrogen) atoms. The number of aliphatic carboxylic acids is 2. The molecule has 8 nitrogen and oxygen atoms in total. The van der Waals surface area contributed by atoms with E-state index in [1.807, 2.05) is 51.5 Å². The average molecular weight is 522 g/mol. The number of alkyl halides is 3. The fourth-order valence-corrected chi connectivity index (χ4v) is 4.88. The number of thiophene rings is 1. The Hall–Kier alpha value is -2.92. The highest BCUT2D eigenvalue weighted by Crippen LogP contribution is 2.21. The minimum atomic E-state index is -5.08. The molecule has 1 aromatic carbocycles. The molecule has 0 aliphatic heterocycles. The van der Waals surface area contributed by atoms with Gasteiger partial charge in [0.05, 0.1) is 45.0 Å². The van der Waals surface area contributed by atoms with Crippen LogP contribution in [0.2, 0.25) is 0 Å². The molecule has 0 radical (unpaired) electrons. The van der Waals surface area contributed by atoms with E-state index in [-0.39, 0.29) is 10.6 Å². The second-order valence-corrected chi connectivity index (χ2v) is 11.0. The third kappa shape index (κ3) is 11.3. The zero-order valence-electron chi connectivity index (χ0n) is 18.5. The standard InChI is InChI=1S/C19H22N2O4S2.C2HF3O2/c1-21(2,3)14-16(13-18(22)23)20-27(24,25)19-12-11-17(26-19)10-9-15-7-5-4-6-8-15;3-2(4,5)1(6)7/h4-8,11-12,16,20H,13-14H2,1-3H3;(H,6,7)/p+1/t16-;/m1./s1. The van der Waals surface area contributed by atoms with Crippen molar-refractivity contribution in [1.29, 1.82) is 0 Å². The maximum Gasteiger partial charge on any atom is 0.490 e. The van der Waals surface area contributed by atoms with E-state index in [4.69, 9.17) is 15.0 Å². The number of nitrogens with zero attached hydrogens (tertiary/aromatic N) is 1. The van der Waals surface area contributed by atoms with Crippen LogP contribution in [-0.2, 0) is 19.6 Å². The summed E-state index contributed by atoms with van der Waals surface area (Å²) in [5.41, 5.74) is 0.845. The molecule has 0 aliphatic carbocycles. The Balaban J connectivity index is 0.000000718. The van der Waals surface area contributed by atoms with Crippen LogP contribution < -0.4 is 4.72 Å². The summed E-state index contributed by atoms with van der Waals surface area (Å²) in [7, 11) is 1.83. The molecule has 2 aromatic rings. The number of hydrogen-bond donors (Lipinski definition) is 3. The minimum Gasteiger partial charge on any atom is -0.481 e. The fourth-order valence-electron chi connectivity index (χ4n) is 2.48. The van der Waals surface area contributed by atoms with Crippen molar-refractivity contribution in [2.45, 2.75) is 22.8 Å². The van der Waals surface area contributed by atoms with Crippen LogP contribution >= 0.6 is 11.3 Å². The maximum absolute atomic E-state index is 12.6. The Morgan fingerprint density at radius 2 is 1.62 bits per heavy atom. The summed E-state index contributed by atoms with van der Waals surface area (Å²) in [6.45, 7) is 0.359. The second kappa shape index (κ2) is 12.0. The summed E-state index contributed by atoms with van der Waals surface area (Å²) in [5, 5.41) is 16.2. The van der Waals surface area contributed by atoms with Gasteiger partial charge in [-0.1, -0.05) is 30.0 Å². The predicted octanol–water partition coefficient (Wildman–Crippen LogP) is 2.61. The smallest absolute Gasteiger partial charge is 0.481 e. The molecule has 1 heterocycles. The second-order valence-electron chi connectivity index (χ2n) is 7.93. The third-order valence-electron chi connectivity index (χ3n) is 3.70. The number of carbonyl (C=O) groups is 2.